The fraction of sp³-hybridized carbons (Fsp3) is 0.400. The number of halogens is 1. The van der Waals surface area contributed by atoms with Crippen LogP contribution >= 0.6 is 11.6 Å². The maximum Gasteiger partial charge on any atom is 0.238 e. The van der Waals surface area contributed by atoms with E-state index in [1.54, 1.807) is 0 Å². The molecule has 0 aliphatic carbocycles. The van der Waals surface area contributed by atoms with Crippen molar-refractivity contribution < 1.29 is 4.79 Å². The summed E-state index contributed by atoms with van der Waals surface area (Å²) in [5.41, 5.74) is 4.42. The maximum absolute atomic E-state index is 12.8. The third kappa shape index (κ3) is 5.11. The van der Waals surface area contributed by atoms with Crippen LogP contribution in [0, 0.1) is 6.92 Å². The Morgan fingerprint density at radius 3 is 2.76 bits per heavy atom. The van der Waals surface area contributed by atoms with E-state index in [9.17, 15) is 4.79 Å². The normalized spacial score (nSPS) is 16.7. The van der Waals surface area contributed by atoms with Crippen molar-refractivity contribution in [1.29, 1.82) is 0 Å². The van der Waals surface area contributed by atoms with Crippen LogP contribution in [0.1, 0.15) is 29.2 Å². The topological polar surface area (TPSA) is 66.3 Å². The molecule has 1 amide bonds. The summed E-state index contributed by atoms with van der Waals surface area (Å²) >= 11 is 6.13. The quantitative estimate of drug-likeness (QED) is 0.626. The molecule has 5 rings (SSSR count). The van der Waals surface area contributed by atoms with Gasteiger partial charge in [0.15, 0.2) is 0 Å². The van der Waals surface area contributed by atoms with Gasteiger partial charge < -0.3 is 5.32 Å². The Kier molecular flexibility index (Phi) is 6.44. The minimum absolute atomic E-state index is 0.0372. The molecular formula is C25H29ClN6O. The van der Waals surface area contributed by atoms with Crippen molar-refractivity contribution in [3.05, 3.63) is 70.3 Å². The molecule has 1 aromatic heterocycles. The molecule has 2 aliphatic rings. The van der Waals surface area contributed by atoms with Crippen LogP contribution in [0.3, 0.4) is 0 Å². The lowest BCUT2D eigenvalue weighted by Gasteiger charge is -2.22. The summed E-state index contributed by atoms with van der Waals surface area (Å²) in [4.78, 5) is 17.5. The molecule has 2 aromatic carbocycles. The Labute approximate surface area is 199 Å². The molecule has 8 heteroatoms. The molecule has 1 fully saturated rings. The predicted octanol–water partition coefficient (Wildman–Crippen LogP) is 3.47. The summed E-state index contributed by atoms with van der Waals surface area (Å²) in [6.45, 7) is 7.06. The van der Waals surface area contributed by atoms with Gasteiger partial charge in [-0.15, -0.1) is 10.2 Å². The highest BCUT2D eigenvalue weighted by atomic mass is 35.5. The van der Waals surface area contributed by atoms with Crippen molar-refractivity contribution in [2.75, 3.05) is 38.0 Å². The monoisotopic (exact) mass is 464 g/mol. The molecule has 0 radical (unpaired) electrons. The molecule has 3 heterocycles. The first-order chi connectivity index (χ1) is 16.0. The number of carbonyl (C=O) groups excluding carboxylic acids is 1. The number of hydrogen-bond acceptors (Lipinski definition) is 5. The molecule has 0 bridgehead atoms. The average molecular weight is 465 g/mol. The predicted molar refractivity (Wildman–Crippen MR) is 130 cm³/mol. The van der Waals surface area contributed by atoms with E-state index in [1.807, 2.05) is 31.2 Å². The first-order valence-electron chi connectivity index (χ1n) is 11.6. The summed E-state index contributed by atoms with van der Waals surface area (Å²) in [7, 11) is 0. The van der Waals surface area contributed by atoms with Crippen LogP contribution < -0.4 is 5.32 Å². The van der Waals surface area contributed by atoms with E-state index in [1.165, 1.54) is 11.1 Å². The third-order valence-corrected chi connectivity index (χ3v) is 6.69. The molecule has 3 aromatic rings. The van der Waals surface area contributed by atoms with E-state index in [0.717, 1.165) is 80.0 Å². The second-order valence-corrected chi connectivity index (χ2v) is 9.36. The molecular weight excluding hydrogens is 436 g/mol. The van der Waals surface area contributed by atoms with E-state index < -0.39 is 0 Å². The van der Waals surface area contributed by atoms with Crippen molar-refractivity contribution in [2.24, 2.45) is 0 Å². The van der Waals surface area contributed by atoms with Crippen LogP contribution in [0.5, 0.6) is 0 Å². The van der Waals surface area contributed by atoms with E-state index in [0.29, 0.717) is 6.54 Å². The van der Waals surface area contributed by atoms with Gasteiger partial charge in [0.05, 0.1) is 12.2 Å². The molecule has 2 aliphatic heterocycles. The lowest BCUT2D eigenvalue weighted by Crippen LogP contribution is -2.36. The van der Waals surface area contributed by atoms with Crippen LogP contribution in [0.15, 0.2) is 42.5 Å². The molecule has 1 saturated heterocycles. The van der Waals surface area contributed by atoms with Gasteiger partial charge in [0.1, 0.15) is 11.6 Å². The van der Waals surface area contributed by atoms with Gasteiger partial charge in [0.2, 0.25) is 5.91 Å². The smallest absolute Gasteiger partial charge is 0.238 e. The number of benzene rings is 2. The van der Waals surface area contributed by atoms with Gasteiger partial charge in [-0.1, -0.05) is 23.7 Å². The summed E-state index contributed by atoms with van der Waals surface area (Å²) in [6, 6.07) is 14.2. The molecule has 0 spiro atoms. The lowest BCUT2D eigenvalue weighted by atomic mass is 10.0. The summed E-state index contributed by atoms with van der Waals surface area (Å²) < 4.78 is 2.11. The Morgan fingerprint density at radius 2 is 1.88 bits per heavy atom. The van der Waals surface area contributed by atoms with Gasteiger partial charge in [0.25, 0.3) is 0 Å². The van der Waals surface area contributed by atoms with Crippen LogP contribution in [-0.2, 0) is 24.2 Å². The number of fused-ring (bicyclic) bond motifs is 3. The number of nitrogens with zero attached hydrogens (tertiary/aromatic N) is 5. The van der Waals surface area contributed by atoms with Crippen molar-refractivity contribution in [3.8, 4) is 5.69 Å². The number of aromatic nitrogens is 3. The van der Waals surface area contributed by atoms with E-state index in [4.69, 9.17) is 11.6 Å². The number of anilines is 1. The fourth-order valence-corrected chi connectivity index (χ4v) is 5.06. The van der Waals surface area contributed by atoms with Crippen LogP contribution in [0.4, 0.5) is 5.69 Å². The molecule has 0 atom stereocenters. The Morgan fingerprint density at radius 1 is 1.03 bits per heavy atom. The van der Waals surface area contributed by atoms with Crippen molar-refractivity contribution in [3.63, 3.8) is 0 Å². The molecule has 7 nitrogen and oxygen atoms in total. The summed E-state index contributed by atoms with van der Waals surface area (Å²) in [5.74, 6) is 1.94. The van der Waals surface area contributed by atoms with Gasteiger partial charge in [-0.25, -0.2) is 0 Å². The number of aryl methyl sites for hydroxylation is 3. The number of amides is 1. The second kappa shape index (κ2) is 9.63. The van der Waals surface area contributed by atoms with Gasteiger partial charge in [-0.3, -0.25) is 19.2 Å². The van der Waals surface area contributed by atoms with Crippen molar-refractivity contribution in [1.82, 2.24) is 24.6 Å². The molecule has 172 valence electrons. The van der Waals surface area contributed by atoms with E-state index >= 15 is 0 Å². The van der Waals surface area contributed by atoms with E-state index in [2.05, 4.69) is 48.1 Å². The number of nitrogens with one attached hydrogen (secondary N) is 1. The first kappa shape index (κ1) is 22.1. The zero-order chi connectivity index (χ0) is 22.8. The van der Waals surface area contributed by atoms with Gasteiger partial charge in [0, 0.05) is 36.8 Å². The highest BCUT2D eigenvalue weighted by molar-refractivity contribution is 6.30. The lowest BCUT2D eigenvalue weighted by molar-refractivity contribution is -0.117. The maximum atomic E-state index is 12.8. The fourth-order valence-electron chi connectivity index (χ4n) is 4.85. The standard InChI is InChI=1S/C25H29ClN6O/c1-18-28-29-24-9-6-20-15-22(7-8-23(20)32(18)24)27-25(33)17-31-11-3-10-30(12-13-31)16-19-4-2-5-21(26)14-19/h2,4-5,7-8,14-15H,3,6,9-13,16-17H2,1H3,(H,27,33). The average Bonchev–Trinajstić information content (AvgIpc) is 3.04. The molecule has 33 heavy (non-hydrogen) atoms. The van der Waals surface area contributed by atoms with Gasteiger partial charge >= 0.3 is 0 Å². The van der Waals surface area contributed by atoms with Crippen LogP contribution in [0.25, 0.3) is 5.69 Å². The van der Waals surface area contributed by atoms with Gasteiger partial charge in [-0.2, -0.15) is 0 Å². The number of carbonyl (C=O) groups is 1. The minimum Gasteiger partial charge on any atom is -0.325 e. The Balaban J connectivity index is 1.16. The van der Waals surface area contributed by atoms with E-state index in [-0.39, 0.29) is 5.91 Å². The Hall–Kier alpha value is -2.74. The zero-order valence-corrected chi connectivity index (χ0v) is 19.7. The van der Waals surface area contributed by atoms with Gasteiger partial charge in [-0.05, 0) is 74.3 Å². The van der Waals surface area contributed by atoms with Crippen molar-refractivity contribution >= 4 is 23.2 Å². The summed E-state index contributed by atoms with van der Waals surface area (Å²) in [6.07, 6.45) is 2.82. The van der Waals surface area contributed by atoms with Crippen molar-refractivity contribution in [2.45, 2.75) is 32.7 Å². The van der Waals surface area contributed by atoms with Crippen LogP contribution in [-0.4, -0.2) is 63.2 Å². The Bertz CT molecular complexity index is 1160. The highest BCUT2D eigenvalue weighted by Crippen LogP contribution is 2.27. The number of hydrogen-bond donors (Lipinski definition) is 1. The largest absolute Gasteiger partial charge is 0.325 e. The zero-order valence-electron chi connectivity index (χ0n) is 18.9. The highest BCUT2D eigenvalue weighted by Gasteiger charge is 2.21. The first-order valence-corrected chi connectivity index (χ1v) is 12.0. The second-order valence-electron chi connectivity index (χ2n) is 8.93. The molecule has 1 N–H and O–H groups in total. The molecule has 0 unspecified atom stereocenters. The number of rotatable bonds is 5. The molecule has 0 saturated carbocycles. The van der Waals surface area contributed by atoms with Crippen LogP contribution in [0.2, 0.25) is 5.02 Å². The SMILES string of the molecule is Cc1nnc2n1-c1ccc(NC(=O)CN3CCCN(Cc4cccc(Cl)c4)CC3)cc1CC2. The summed E-state index contributed by atoms with van der Waals surface area (Å²) in [5, 5.41) is 12.3. The minimum atomic E-state index is 0.0372. The third-order valence-electron chi connectivity index (χ3n) is 6.46.